The molecule has 2 heterocycles. The predicted octanol–water partition coefficient (Wildman–Crippen LogP) is 3.12. The van der Waals surface area contributed by atoms with Gasteiger partial charge in [-0.2, -0.15) is 17.0 Å². The molecule has 292 valence electrons. The Balaban J connectivity index is 0.000000284. The molecule has 14 nitrogen and oxygen atoms in total. The lowest BCUT2D eigenvalue weighted by Crippen LogP contribution is -2.48. The third-order valence-electron chi connectivity index (χ3n) is 9.72. The number of nitrogens with zero attached hydrogens (tertiary/aromatic N) is 2. The van der Waals surface area contributed by atoms with Gasteiger partial charge in [-0.1, -0.05) is 35.4 Å². The minimum absolute atomic E-state index is 0.0640. The van der Waals surface area contributed by atoms with Crippen LogP contribution in [-0.2, 0) is 53.4 Å². The van der Waals surface area contributed by atoms with E-state index in [1.54, 1.807) is 62.4 Å². The second kappa shape index (κ2) is 18.4. The van der Waals surface area contributed by atoms with Crippen LogP contribution < -0.4 is 0 Å². The first-order chi connectivity index (χ1) is 24.2. The number of piperidine rings is 2. The normalized spacial score (nSPS) is 23.1. The van der Waals surface area contributed by atoms with Crippen molar-refractivity contribution in [2.45, 2.75) is 75.4 Å². The van der Waals surface area contributed by atoms with Crippen LogP contribution in [0.4, 0.5) is 0 Å². The molecule has 2 aliphatic heterocycles. The Bertz CT molecular complexity index is 1830. The van der Waals surface area contributed by atoms with Gasteiger partial charge in [-0.25, -0.2) is 16.8 Å². The van der Waals surface area contributed by atoms with Gasteiger partial charge in [-0.15, -0.1) is 0 Å². The van der Waals surface area contributed by atoms with Crippen molar-refractivity contribution in [3.05, 3.63) is 59.7 Å². The number of aliphatic hydroxyl groups excluding tert-OH is 1. The Morgan fingerprint density at radius 1 is 0.712 bits per heavy atom. The molecule has 2 aliphatic rings. The summed E-state index contributed by atoms with van der Waals surface area (Å²) in [6.45, 7) is 7.83. The van der Waals surface area contributed by atoms with Crippen molar-refractivity contribution in [2.75, 3.05) is 46.7 Å². The zero-order valence-electron chi connectivity index (χ0n) is 30.8. The second-order valence-electron chi connectivity index (χ2n) is 13.6. The van der Waals surface area contributed by atoms with Gasteiger partial charge < -0.3 is 14.6 Å². The molecule has 0 bridgehead atoms. The highest BCUT2D eigenvalue weighted by Crippen LogP contribution is 2.35. The van der Waals surface area contributed by atoms with Crippen LogP contribution in [0.2, 0.25) is 0 Å². The Morgan fingerprint density at radius 3 is 1.42 bits per heavy atom. The topological polar surface area (TPSA) is 191 Å². The highest BCUT2D eigenvalue weighted by molar-refractivity contribution is 7.89. The molecule has 1 N–H and O–H groups in total. The predicted molar refractivity (Wildman–Crippen MR) is 193 cm³/mol. The van der Waals surface area contributed by atoms with E-state index >= 15 is 0 Å². The summed E-state index contributed by atoms with van der Waals surface area (Å²) in [6, 6.07) is 13.3. The molecule has 0 spiro atoms. The number of ether oxygens (including phenoxy) is 2. The molecule has 6 atom stereocenters. The largest absolute Gasteiger partial charge is 0.469 e. The van der Waals surface area contributed by atoms with Crippen LogP contribution >= 0.6 is 0 Å². The van der Waals surface area contributed by atoms with E-state index in [0.29, 0.717) is 19.4 Å². The Hall–Kier alpha value is -2.93. The van der Waals surface area contributed by atoms with Crippen LogP contribution in [-0.4, -0.2) is 110 Å². The highest BCUT2D eigenvalue weighted by Gasteiger charge is 2.41. The maximum Gasteiger partial charge on any atom is 0.305 e. The van der Waals surface area contributed by atoms with Gasteiger partial charge in [0.2, 0.25) is 20.0 Å². The number of benzene rings is 2. The number of esters is 2. The number of hydrogen-bond donors (Lipinski definition) is 1. The molecule has 2 fully saturated rings. The number of aliphatic hydroxyl groups is 1. The molecule has 0 aliphatic carbocycles. The minimum Gasteiger partial charge on any atom is -0.469 e. The summed E-state index contributed by atoms with van der Waals surface area (Å²) in [5.41, 5.74) is 1.94. The number of methoxy groups -OCH3 is 2. The van der Waals surface area contributed by atoms with E-state index in [1.807, 2.05) is 13.8 Å². The van der Waals surface area contributed by atoms with Gasteiger partial charge in [0.05, 0.1) is 42.5 Å². The number of carbonyl (C=O) groups excluding carboxylic acids is 2. The van der Waals surface area contributed by atoms with Crippen molar-refractivity contribution in [3.8, 4) is 0 Å². The lowest BCUT2D eigenvalue weighted by atomic mass is 9.81. The third kappa shape index (κ3) is 11.8. The van der Waals surface area contributed by atoms with Crippen LogP contribution in [0.25, 0.3) is 0 Å². The van der Waals surface area contributed by atoms with Gasteiger partial charge >= 0.3 is 11.9 Å². The van der Waals surface area contributed by atoms with Crippen molar-refractivity contribution in [1.29, 1.82) is 0 Å². The molecule has 2 aromatic rings. The van der Waals surface area contributed by atoms with Crippen LogP contribution in [0, 0.1) is 37.5 Å². The lowest BCUT2D eigenvalue weighted by Gasteiger charge is -2.39. The van der Waals surface area contributed by atoms with E-state index in [1.165, 1.54) is 22.8 Å². The van der Waals surface area contributed by atoms with Crippen molar-refractivity contribution >= 4 is 42.1 Å². The molecule has 0 aromatic heterocycles. The highest BCUT2D eigenvalue weighted by atomic mass is 32.2. The number of carbonyl (C=O) groups is 2. The zero-order chi connectivity index (χ0) is 39.0. The second-order valence-corrected chi connectivity index (χ2v) is 19.1. The Morgan fingerprint density at radius 2 is 1.08 bits per heavy atom. The van der Waals surface area contributed by atoms with E-state index in [9.17, 15) is 39.9 Å². The summed E-state index contributed by atoms with van der Waals surface area (Å²) < 4.78 is 92.0. The zero-order valence-corrected chi connectivity index (χ0v) is 33.2. The van der Waals surface area contributed by atoms with E-state index in [4.69, 9.17) is 13.7 Å². The van der Waals surface area contributed by atoms with Crippen LogP contribution in [0.15, 0.2) is 58.3 Å². The molecular weight excluding hydrogens is 737 g/mol. The van der Waals surface area contributed by atoms with Crippen molar-refractivity contribution in [2.24, 2.45) is 23.7 Å². The molecule has 17 heteroatoms. The van der Waals surface area contributed by atoms with Gasteiger partial charge in [-0.3, -0.25) is 13.8 Å². The standard InChI is InChI=1S/C18H27NO7S2.C17H25NO5S/c1-13-5-7-16(8-6-13)28(23,24)19-10-9-15(11-18(20)25-3)17(12-19)14(2)26-27(4,21)22;1-12-4-6-15(7-5-12)24(21,22)18-9-8-14(10-17(20)23-3)16(11-18)13(2)19/h5-8,14-15,17H,9-12H2,1-4H3;4-7,13-14,16,19H,8-11H2,1-3H3/t14-,15?,17?;13-,14?,16?/m00/s1. The number of rotatable bonds is 12. The molecule has 4 unspecified atom stereocenters. The van der Waals surface area contributed by atoms with Crippen LogP contribution in [0.5, 0.6) is 0 Å². The minimum atomic E-state index is -3.73. The third-order valence-corrected chi connectivity index (χ3v) is 14.1. The summed E-state index contributed by atoms with van der Waals surface area (Å²) in [6.07, 6.45) is 0.679. The average Bonchev–Trinajstić information content (AvgIpc) is 3.08. The van der Waals surface area contributed by atoms with E-state index in [-0.39, 0.29) is 66.0 Å². The first kappa shape index (κ1) is 43.5. The van der Waals surface area contributed by atoms with E-state index in [2.05, 4.69) is 0 Å². The number of aryl methyl sites for hydroxylation is 2. The molecule has 0 radical (unpaired) electrons. The molecule has 52 heavy (non-hydrogen) atoms. The van der Waals surface area contributed by atoms with Gasteiger partial charge in [0.25, 0.3) is 10.1 Å². The lowest BCUT2D eigenvalue weighted by molar-refractivity contribution is -0.144. The molecular formula is C35H52N2O12S3. The fourth-order valence-electron chi connectivity index (χ4n) is 6.68. The SMILES string of the molecule is COC(=O)CC1CCN(S(=O)(=O)c2ccc(C)cc2)CC1[C@H](C)O.COC(=O)CC1CCN(S(=O)(=O)c2ccc(C)cc2)CC1[C@H](C)OS(C)(=O)=O. The monoisotopic (exact) mass is 788 g/mol. The first-order valence-corrected chi connectivity index (χ1v) is 21.7. The van der Waals surface area contributed by atoms with Crippen LogP contribution in [0.3, 0.4) is 0 Å². The van der Waals surface area contributed by atoms with E-state index < -0.39 is 54.3 Å². The maximum absolute atomic E-state index is 13.0. The van der Waals surface area contributed by atoms with Crippen molar-refractivity contribution < 1.29 is 53.6 Å². The van der Waals surface area contributed by atoms with Crippen molar-refractivity contribution in [1.82, 2.24) is 8.61 Å². The molecule has 2 saturated heterocycles. The van der Waals surface area contributed by atoms with Gasteiger partial charge in [0.1, 0.15) is 0 Å². The van der Waals surface area contributed by atoms with Crippen molar-refractivity contribution in [3.63, 3.8) is 0 Å². The number of sulfonamides is 2. The summed E-state index contributed by atoms with van der Waals surface area (Å²) in [5, 5.41) is 10.1. The summed E-state index contributed by atoms with van der Waals surface area (Å²) >= 11 is 0. The fraction of sp³-hybridized carbons (Fsp3) is 0.600. The smallest absolute Gasteiger partial charge is 0.305 e. The average molecular weight is 789 g/mol. The summed E-state index contributed by atoms with van der Waals surface area (Å²) in [5.74, 6) is -1.84. The Kier molecular flexibility index (Phi) is 15.4. The quantitative estimate of drug-likeness (QED) is 0.245. The number of hydrogen-bond acceptors (Lipinski definition) is 12. The van der Waals surface area contributed by atoms with Gasteiger partial charge in [-0.05, 0) is 76.6 Å². The summed E-state index contributed by atoms with van der Waals surface area (Å²) in [4.78, 5) is 23.7. The maximum atomic E-state index is 13.0. The Labute approximate surface area is 308 Å². The van der Waals surface area contributed by atoms with Gasteiger partial charge in [0, 0.05) is 50.9 Å². The molecule has 4 rings (SSSR count). The van der Waals surface area contributed by atoms with Gasteiger partial charge in [0.15, 0.2) is 0 Å². The molecule has 0 saturated carbocycles. The molecule has 0 amide bonds. The van der Waals surface area contributed by atoms with Crippen LogP contribution in [0.1, 0.15) is 50.7 Å². The fourth-order valence-corrected chi connectivity index (χ4v) is 10.4. The van der Waals surface area contributed by atoms with E-state index in [0.717, 1.165) is 17.4 Å². The molecule has 2 aromatic carbocycles. The summed E-state index contributed by atoms with van der Waals surface area (Å²) in [7, 11) is -8.44. The first-order valence-electron chi connectivity index (χ1n) is 17.0.